The Morgan fingerprint density at radius 2 is 2.19 bits per heavy atom. The molecule has 80 valence electrons. The lowest BCUT2D eigenvalue weighted by molar-refractivity contribution is 1.04. The number of hydrogen-bond donors (Lipinski definition) is 1. The molecule has 2 aromatic heterocycles. The second kappa shape index (κ2) is 3.09. The third-order valence-electron chi connectivity index (χ3n) is 2.49. The van der Waals surface area contributed by atoms with Crippen LogP contribution in [-0.4, -0.2) is 14.4 Å². The van der Waals surface area contributed by atoms with Gasteiger partial charge in [-0.25, -0.2) is 9.38 Å². The predicted octanol–water partition coefficient (Wildman–Crippen LogP) is 2.14. The standard InChI is InChI=1S/C11H8ClN3O/c1-6-4-10(16)15-9-5-7(12)2-3-8(9)14-11(15)13-6/h2-5H,1H3,(H,13,14). The van der Waals surface area contributed by atoms with E-state index in [2.05, 4.69) is 9.97 Å². The van der Waals surface area contributed by atoms with Crippen LogP contribution in [0.3, 0.4) is 0 Å². The highest BCUT2D eigenvalue weighted by Crippen LogP contribution is 2.18. The van der Waals surface area contributed by atoms with Crippen molar-refractivity contribution in [3.8, 4) is 0 Å². The number of nitrogens with zero attached hydrogens (tertiary/aromatic N) is 2. The number of aromatic nitrogens is 3. The maximum Gasteiger partial charge on any atom is 0.259 e. The predicted molar refractivity (Wildman–Crippen MR) is 63.1 cm³/mol. The SMILES string of the molecule is Cc1cc(=O)n2c(nc3ccc(Cl)cc32)[nH]1. The molecule has 0 saturated carbocycles. The normalized spacial score (nSPS) is 11.4. The van der Waals surface area contributed by atoms with Crippen molar-refractivity contribution in [2.24, 2.45) is 0 Å². The van der Waals surface area contributed by atoms with Gasteiger partial charge in [-0.3, -0.25) is 4.79 Å². The molecule has 0 radical (unpaired) electrons. The van der Waals surface area contributed by atoms with Crippen molar-refractivity contribution in [1.82, 2.24) is 14.4 Å². The molecule has 1 aromatic carbocycles. The fourth-order valence-electron chi connectivity index (χ4n) is 1.82. The number of hydrogen-bond acceptors (Lipinski definition) is 2. The minimum atomic E-state index is -0.101. The van der Waals surface area contributed by atoms with E-state index in [4.69, 9.17) is 11.6 Å². The molecule has 0 atom stereocenters. The highest BCUT2D eigenvalue weighted by Gasteiger charge is 2.07. The summed E-state index contributed by atoms with van der Waals surface area (Å²) in [6.07, 6.45) is 0. The van der Waals surface area contributed by atoms with Crippen LogP contribution >= 0.6 is 11.6 Å². The molecule has 0 amide bonds. The fourth-order valence-corrected chi connectivity index (χ4v) is 1.98. The molecule has 0 aliphatic rings. The monoisotopic (exact) mass is 233 g/mol. The smallest absolute Gasteiger partial charge is 0.259 e. The zero-order chi connectivity index (χ0) is 11.3. The van der Waals surface area contributed by atoms with Gasteiger partial charge < -0.3 is 4.98 Å². The average Bonchev–Trinajstić information content (AvgIpc) is 2.54. The third-order valence-corrected chi connectivity index (χ3v) is 2.72. The number of aryl methyl sites for hydroxylation is 1. The molecule has 3 rings (SSSR count). The fraction of sp³-hybridized carbons (Fsp3) is 0.0909. The van der Waals surface area contributed by atoms with Crippen LogP contribution in [0.2, 0.25) is 5.02 Å². The first-order valence-electron chi connectivity index (χ1n) is 4.83. The van der Waals surface area contributed by atoms with E-state index in [1.165, 1.54) is 10.5 Å². The molecule has 16 heavy (non-hydrogen) atoms. The topological polar surface area (TPSA) is 50.2 Å². The van der Waals surface area contributed by atoms with Gasteiger partial charge in [-0.15, -0.1) is 0 Å². The van der Waals surface area contributed by atoms with E-state index in [9.17, 15) is 4.79 Å². The van der Waals surface area contributed by atoms with Crippen LogP contribution in [0.1, 0.15) is 5.69 Å². The average molecular weight is 234 g/mol. The summed E-state index contributed by atoms with van der Waals surface area (Å²) in [6.45, 7) is 1.83. The summed E-state index contributed by atoms with van der Waals surface area (Å²) in [4.78, 5) is 19.2. The number of rotatable bonds is 0. The van der Waals surface area contributed by atoms with Crippen molar-refractivity contribution >= 4 is 28.4 Å². The van der Waals surface area contributed by atoms with Gasteiger partial charge in [0.2, 0.25) is 5.78 Å². The van der Waals surface area contributed by atoms with Gasteiger partial charge in [-0.1, -0.05) is 11.6 Å². The first-order chi connectivity index (χ1) is 7.65. The quantitative estimate of drug-likeness (QED) is 0.647. The lowest BCUT2D eigenvalue weighted by Crippen LogP contribution is -2.12. The third kappa shape index (κ3) is 1.23. The zero-order valence-electron chi connectivity index (χ0n) is 8.49. The Kier molecular flexibility index (Phi) is 1.82. The van der Waals surface area contributed by atoms with Gasteiger partial charge in [-0.05, 0) is 25.1 Å². The Morgan fingerprint density at radius 3 is 3.00 bits per heavy atom. The Labute approximate surface area is 95.5 Å². The lowest BCUT2D eigenvalue weighted by Gasteiger charge is -1.96. The van der Waals surface area contributed by atoms with Crippen LogP contribution in [0, 0.1) is 6.92 Å². The van der Waals surface area contributed by atoms with Crippen LogP contribution in [0.15, 0.2) is 29.1 Å². The summed E-state index contributed by atoms with van der Waals surface area (Å²) in [6, 6.07) is 6.83. The molecule has 4 nitrogen and oxygen atoms in total. The Bertz CT molecular complexity index is 757. The van der Waals surface area contributed by atoms with Gasteiger partial charge in [0, 0.05) is 16.8 Å². The molecule has 0 aliphatic heterocycles. The van der Waals surface area contributed by atoms with Gasteiger partial charge >= 0.3 is 0 Å². The lowest BCUT2D eigenvalue weighted by atomic mass is 10.3. The highest BCUT2D eigenvalue weighted by molar-refractivity contribution is 6.31. The molecule has 1 N–H and O–H groups in total. The van der Waals surface area contributed by atoms with Crippen LogP contribution in [-0.2, 0) is 0 Å². The molecular formula is C11H8ClN3O. The molecular weight excluding hydrogens is 226 g/mol. The van der Waals surface area contributed by atoms with Crippen molar-refractivity contribution in [3.05, 3.63) is 45.3 Å². The van der Waals surface area contributed by atoms with Crippen LogP contribution in [0.25, 0.3) is 16.8 Å². The summed E-state index contributed by atoms with van der Waals surface area (Å²) in [5, 5.41) is 0.592. The minimum Gasteiger partial charge on any atom is -0.329 e. The van der Waals surface area contributed by atoms with Gasteiger partial charge in [0.1, 0.15) is 0 Å². The molecule has 0 bridgehead atoms. The summed E-state index contributed by atoms with van der Waals surface area (Å²) in [5.74, 6) is 0.544. The summed E-state index contributed by atoms with van der Waals surface area (Å²) >= 11 is 5.91. The number of imidazole rings is 1. The maximum atomic E-state index is 11.8. The van der Waals surface area contributed by atoms with Crippen LogP contribution in [0.5, 0.6) is 0 Å². The van der Waals surface area contributed by atoms with Crippen LogP contribution < -0.4 is 5.56 Å². The van der Waals surface area contributed by atoms with E-state index < -0.39 is 0 Å². The molecule has 2 heterocycles. The van der Waals surface area contributed by atoms with E-state index in [0.29, 0.717) is 10.8 Å². The Balaban J connectivity index is 2.63. The largest absolute Gasteiger partial charge is 0.329 e. The van der Waals surface area contributed by atoms with Crippen molar-refractivity contribution in [2.75, 3.05) is 0 Å². The molecule has 0 spiro atoms. The first kappa shape index (κ1) is 9.42. The number of aromatic amines is 1. The van der Waals surface area contributed by atoms with Gasteiger partial charge in [-0.2, -0.15) is 0 Å². The van der Waals surface area contributed by atoms with E-state index >= 15 is 0 Å². The number of nitrogens with one attached hydrogen (secondary N) is 1. The zero-order valence-corrected chi connectivity index (χ0v) is 9.25. The number of fused-ring (bicyclic) bond motifs is 3. The number of halogens is 1. The Morgan fingerprint density at radius 1 is 1.38 bits per heavy atom. The van der Waals surface area contributed by atoms with Gasteiger partial charge in [0.05, 0.1) is 11.0 Å². The van der Waals surface area contributed by atoms with Gasteiger partial charge in [0.25, 0.3) is 5.56 Å². The van der Waals surface area contributed by atoms with E-state index in [1.807, 2.05) is 6.92 Å². The van der Waals surface area contributed by atoms with Crippen molar-refractivity contribution < 1.29 is 0 Å². The Hall–Kier alpha value is -1.81. The van der Waals surface area contributed by atoms with Crippen molar-refractivity contribution in [3.63, 3.8) is 0 Å². The second-order valence-corrected chi connectivity index (χ2v) is 4.13. The molecule has 0 unspecified atom stereocenters. The van der Waals surface area contributed by atoms with Gasteiger partial charge in [0.15, 0.2) is 0 Å². The van der Waals surface area contributed by atoms with E-state index in [0.717, 1.165) is 16.7 Å². The maximum absolute atomic E-state index is 11.8. The second-order valence-electron chi connectivity index (χ2n) is 3.69. The molecule has 0 saturated heterocycles. The molecule has 0 aliphatic carbocycles. The summed E-state index contributed by atoms with van der Waals surface area (Å²) in [7, 11) is 0. The van der Waals surface area contributed by atoms with E-state index in [-0.39, 0.29) is 5.56 Å². The molecule has 0 fully saturated rings. The first-order valence-corrected chi connectivity index (χ1v) is 5.20. The summed E-state index contributed by atoms with van der Waals surface area (Å²) < 4.78 is 1.52. The van der Waals surface area contributed by atoms with Crippen LogP contribution in [0.4, 0.5) is 0 Å². The van der Waals surface area contributed by atoms with Crippen molar-refractivity contribution in [2.45, 2.75) is 6.92 Å². The van der Waals surface area contributed by atoms with Crippen molar-refractivity contribution in [1.29, 1.82) is 0 Å². The number of benzene rings is 1. The molecule has 3 aromatic rings. The molecule has 5 heteroatoms. The van der Waals surface area contributed by atoms with E-state index in [1.54, 1.807) is 18.2 Å². The summed E-state index contributed by atoms with van der Waals surface area (Å²) in [5.41, 5.74) is 2.17. The number of H-pyrrole nitrogens is 1. The minimum absolute atomic E-state index is 0.101. The highest BCUT2D eigenvalue weighted by atomic mass is 35.5.